The molecule has 1 aliphatic carbocycles. The van der Waals surface area contributed by atoms with Crippen LogP contribution < -0.4 is 10.4 Å². The zero-order valence-electron chi connectivity index (χ0n) is 23.3. The highest BCUT2D eigenvalue weighted by Crippen LogP contribution is 2.45. The molecule has 36 heavy (non-hydrogen) atoms. The van der Waals surface area contributed by atoms with E-state index in [-0.39, 0.29) is 22.1 Å². The van der Waals surface area contributed by atoms with Crippen LogP contribution in [0.3, 0.4) is 0 Å². The van der Waals surface area contributed by atoms with E-state index in [1.54, 1.807) is 0 Å². The predicted molar refractivity (Wildman–Crippen MR) is 154 cm³/mol. The van der Waals surface area contributed by atoms with Crippen molar-refractivity contribution in [3.05, 3.63) is 72.8 Å². The van der Waals surface area contributed by atoms with Gasteiger partial charge in [0.25, 0.3) is 8.32 Å². The number of hydrogen-bond donors (Lipinski definition) is 1. The summed E-state index contributed by atoms with van der Waals surface area (Å²) in [6, 6.07) is 21.1. The van der Waals surface area contributed by atoms with Crippen molar-refractivity contribution < 1.29 is 18.8 Å². The predicted octanol–water partition coefficient (Wildman–Crippen LogP) is 6.23. The molecule has 0 aromatic heterocycles. The Morgan fingerprint density at radius 1 is 0.917 bits per heavy atom. The van der Waals surface area contributed by atoms with Crippen molar-refractivity contribution in [1.82, 2.24) is 0 Å². The van der Waals surface area contributed by atoms with E-state index in [1.165, 1.54) is 10.4 Å². The molecule has 0 heterocycles. The molecule has 1 aliphatic rings. The number of rotatable bonds is 8. The maximum absolute atomic E-state index is 12.1. The van der Waals surface area contributed by atoms with Crippen molar-refractivity contribution in [2.24, 2.45) is 11.8 Å². The van der Waals surface area contributed by atoms with Gasteiger partial charge in [0.1, 0.15) is 0 Å². The Morgan fingerprint density at radius 2 is 1.39 bits per heavy atom. The Balaban J connectivity index is 2.05. The van der Waals surface area contributed by atoms with Crippen LogP contribution >= 0.6 is 0 Å². The van der Waals surface area contributed by atoms with Gasteiger partial charge in [0, 0.05) is 12.5 Å². The number of carboxylic acids is 1. The fraction of sp³-hybridized carbons (Fsp3) is 0.500. The number of carboxylic acid groups (broad SMARTS) is 1. The van der Waals surface area contributed by atoms with Gasteiger partial charge in [-0.2, -0.15) is 0 Å². The van der Waals surface area contributed by atoms with E-state index >= 15 is 0 Å². The van der Waals surface area contributed by atoms with Gasteiger partial charge in [0.15, 0.2) is 8.32 Å². The van der Waals surface area contributed by atoms with Crippen LogP contribution in [-0.4, -0.2) is 40.4 Å². The molecular formula is C30H44O4Si2. The first-order valence-corrected chi connectivity index (χ1v) is 17.8. The van der Waals surface area contributed by atoms with E-state index in [4.69, 9.17) is 8.85 Å². The minimum absolute atomic E-state index is 0.0268. The topological polar surface area (TPSA) is 55.8 Å². The third kappa shape index (κ3) is 5.47. The summed E-state index contributed by atoms with van der Waals surface area (Å²) >= 11 is 0. The van der Waals surface area contributed by atoms with Crippen molar-refractivity contribution in [2.75, 3.05) is 6.61 Å². The maximum Gasteiger partial charge on any atom is 0.310 e. The van der Waals surface area contributed by atoms with Crippen molar-refractivity contribution in [1.29, 1.82) is 0 Å². The van der Waals surface area contributed by atoms with Crippen molar-refractivity contribution >= 4 is 33.0 Å². The number of aliphatic carboxylic acids is 1. The second-order valence-electron chi connectivity index (χ2n) is 12.7. The van der Waals surface area contributed by atoms with Gasteiger partial charge < -0.3 is 14.0 Å². The Bertz CT molecular complexity index is 1010. The molecule has 3 rings (SSSR count). The summed E-state index contributed by atoms with van der Waals surface area (Å²) in [5, 5.41) is 12.2. The van der Waals surface area contributed by atoms with Crippen LogP contribution in [0.15, 0.2) is 72.8 Å². The normalized spacial score (nSPS) is 21.6. The Morgan fingerprint density at radius 3 is 1.78 bits per heavy atom. The molecule has 6 heteroatoms. The summed E-state index contributed by atoms with van der Waals surface area (Å²) < 4.78 is 14.0. The minimum Gasteiger partial charge on any atom is -0.481 e. The lowest BCUT2D eigenvalue weighted by atomic mass is 9.99. The largest absolute Gasteiger partial charge is 0.481 e. The summed E-state index contributed by atoms with van der Waals surface area (Å²) in [6.07, 6.45) is 0.243. The van der Waals surface area contributed by atoms with Crippen LogP contribution in [0.25, 0.3) is 0 Å². The molecule has 196 valence electrons. The molecule has 0 unspecified atom stereocenters. The Labute approximate surface area is 220 Å². The second-order valence-corrected chi connectivity index (χ2v) is 21.8. The second kappa shape index (κ2) is 10.4. The van der Waals surface area contributed by atoms with Gasteiger partial charge in [-0.25, -0.2) is 0 Å². The number of benzene rings is 2. The molecule has 4 nitrogen and oxygen atoms in total. The highest BCUT2D eigenvalue weighted by Gasteiger charge is 2.53. The lowest BCUT2D eigenvalue weighted by Crippen LogP contribution is -2.67. The first kappa shape index (κ1) is 28.6. The summed E-state index contributed by atoms with van der Waals surface area (Å²) in [5.74, 6) is -1.59. The molecule has 1 saturated carbocycles. The first-order valence-electron chi connectivity index (χ1n) is 13.0. The monoisotopic (exact) mass is 524 g/mol. The standard InChI is InChI=1S/C30H44O4Si2/c1-22-25(28(31)32)20-27(34-35(8,9)29(2,3)4)26(22)21-33-36(30(5,6)7,23-16-12-10-13-17-23)24-18-14-11-15-19-24/h10-19,25-27H,1,20-21H2,2-9H3,(H,31,32)/t25-,26+,27+/m1/s1. The molecular weight excluding hydrogens is 480 g/mol. The van der Waals surface area contributed by atoms with Crippen LogP contribution in [0.4, 0.5) is 0 Å². The van der Waals surface area contributed by atoms with Gasteiger partial charge in [-0.15, -0.1) is 0 Å². The summed E-state index contributed by atoms with van der Waals surface area (Å²) in [6.45, 7) is 22.5. The van der Waals surface area contributed by atoms with Gasteiger partial charge in [-0.1, -0.05) is 114 Å². The zero-order chi connectivity index (χ0) is 26.9. The summed E-state index contributed by atoms with van der Waals surface area (Å²) in [4.78, 5) is 12.1. The van der Waals surface area contributed by atoms with E-state index in [0.29, 0.717) is 13.0 Å². The Kier molecular flexibility index (Phi) is 8.26. The SMILES string of the molecule is C=C1[C@H](C(=O)O)C[C@H](O[Si](C)(C)C(C)(C)C)[C@H]1CO[Si](c1ccccc1)(c1ccccc1)C(C)(C)C. The third-order valence-corrected chi connectivity index (χ3v) is 17.8. The molecule has 3 atom stereocenters. The molecule has 0 saturated heterocycles. The Hall–Kier alpha value is -2.00. The van der Waals surface area contributed by atoms with E-state index in [0.717, 1.165) is 5.57 Å². The van der Waals surface area contributed by atoms with Crippen LogP contribution in [0.1, 0.15) is 48.0 Å². The molecule has 0 radical (unpaired) electrons. The summed E-state index contributed by atoms with van der Waals surface area (Å²) in [7, 11) is -4.88. The highest BCUT2D eigenvalue weighted by molar-refractivity contribution is 6.99. The smallest absolute Gasteiger partial charge is 0.310 e. The van der Waals surface area contributed by atoms with Crippen LogP contribution in [0, 0.1) is 11.8 Å². The van der Waals surface area contributed by atoms with Crippen LogP contribution in [0.2, 0.25) is 23.2 Å². The zero-order valence-corrected chi connectivity index (χ0v) is 25.3. The minimum atomic E-state index is -2.75. The number of carbonyl (C=O) groups is 1. The van der Waals surface area contributed by atoms with Gasteiger partial charge in [-0.3, -0.25) is 4.79 Å². The quantitative estimate of drug-likeness (QED) is 0.328. The average Bonchev–Trinajstić information content (AvgIpc) is 3.09. The van der Waals surface area contributed by atoms with Gasteiger partial charge in [-0.05, 0) is 40.0 Å². The highest BCUT2D eigenvalue weighted by atomic mass is 28.4. The van der Waals surface area contributed by atoms with Crippen LogP contribution in [-0.2, 0) is 13.6 Å². The molecule has 1 fully saturated rings. The fourth-order valence-corrected chi connectivity index (χ4v) is 11.1. The van der Waals surface area contributed by atoms with Crippen molar-refractivity contribution in [2.45, 2.75) is 77.2 Å². The van der Waals surface area contributed by atoms with Gasteiger partial charge in [0.05, 0.1) is 12.0 Å². The molecule has 0 amide bonds. The van der Waals surface area contributed by atoms with E-state index in [9.17, 15) is 9.90 Å². The van der Waals surface area contributed by atoms with E-state index < -0.39 is 28.5 Å². The lowest BCUT2D eigenvalue weighted by molar-refractivity contribution is -0.140. The average molecular weight is 525 g/mol. The lowest BCUT2D eigenvalue weighted by Gasteiger charge is -2.44. The maximum atomic E-state index is 12.1. The fourth-order valence-electron chi connectivity index (χ4n) is 5.18. The summed E-state index contributed by atoms with van der Waals surface area (Å²) in [5.41, 5.74) is 0.726. The van der Waals surface area contributed by atoms with Crippen LogP contribution in [0.5, 0.6) is 0 Å². The molecule has 2 aromatic carbocycles. The van der Waals surface area contributed by atoms with Crippen molar-refractivity contribution in [3.63, 3.8) is 0 Å². The van der Waals surface area contributed by atoms with E-state index in [1.807, 2.05) is 12.1 Å². The van der Waals surface area contributed by atoms with Crippen molar-refractivity contribution in [3.8, 4) is 0 Å². The molecule has 2 aromatic rings. The molecule has 0 bridgehead atoms. The molecule has 0 aliphatic heterocycles. The first-order chi connectivity index (χ1) is 16.6. The van der Waals surface area contributed by atoms with Gasteiger partial charge >= 0.3 is 5.97 Å². The molecule has 0 spiro atoms. The van der Waals surface area contributed by atoms with Gasteiger partial charge in [0.2, 0.25) is 0 Å². The van der Waals surface area contributed by atoms with E-state index in [2.05, 4.69) is 110 Å². The third-order valence-electron chi connectivity index (χ3n) is 8.29. The molecule has 1 N–H and O–H groups in total. The number of hydrogen-bond acceptors (Lipinski definition) is 3.